The molecule has 1 aliphatic rings. The number of pyridine rings is 1. The highest BCUT2D eigenvalue weighted by molar-refractivity contribution is 8.00. The number of anilines is 1. The molecule has 1 amide bonds. The second-order valence-electron chi connectivity index (χ2n) is 7.04. The average Bonchev–Trinajstić information content (AvgIpc) is 2.62. The van der Waals surface area contributed by atoms with E-state index in [9.17, 15) is 10.1 Å². The Morgan fingerprint density at radius 1 is 1.35 bits per heavy atom. The minimum absolute atomic E-state index is 0.0877. The molecule has 1 N–H and O–H groups in total. The third-order valence-electron chi connectivity index (χ3n) is 4.85. The Morgan fingerprint density at radius 3 is 2.88 bits per heavy atom. The van der Waals surface area contributed by atoms with Gasteiger partial charge in [0.25, 0.3) is 0 Å². The van der Waals surface area contributed by atoms with Crippen LogP contribution in [0.2, 0.25) is 0 Å². The molecule has 0 bridgehead atoms. The Morgan fingerprint density at radius 2 is 2.15 bits per heavy atom. The Bertz CT molecular complexity index is 886. The highest BCUT2D eigenvalue weighted by atomic mass is 32.2. The third kappa shape index (κ3) is 4.25. The summed E-state index contributed by atoms with van der Waals surface area (Å²) in [4.78, 5) is 17.0. The second-order valence-corrected chi connectivity index (χ2v) is 8.01. The maximum atomic E-state index is 12.3. The SMILES string of the molecule is Cc1ccc(NC(=O)CSc2nc3c(cc2C#N)CC(C)CC3)cc1C. The minimum atomic E-state index is -0.0877. The van der Waals surface area contributed by atoms with Gasteiger partial charge >= 0.3 is 0 Å². The number of aromatic nitrogens is 1. The predicted molar refractivity (Wildman–Crippen MR) is 105 cm³/mol. The Labute approximate surface area is 159 Å². The number of hydrogen-bond donors (Lipinski definition) is 1. The van der Waals surface area contributed by atoms with Gasteiger partial charge in [-0.2, -0.15) is 5.26 Å². The standard InChI is InChI=1S/C21H23N3OS/c1-13-4-7-19-16(8-13)10-17(11-22)21(24-19)26-12-20(25)23-18-6-5-14(2)15(3)9-18/h5-6,9-10,13H,4,7-8,12H2,1-3H3,(H,23,25). The molecule has 5 heteroatoms. The van der Waals surface area contributed by atoms with Gasteiger partial charge in [0.1, 0.15) is 11.1 Å². The van der Waals surface area contributed by atoms with Crippen LogP contribution in [-0.2, 0) is 17.6 Å². The number of benzene rings is 1. The molecular formula is C21H23N3OS. The molecule has 1 heterocycles. The molecule has 4 nitrogen and oxygen atoms in total. The Kier molecular flexibility index (Phi) is 5.63. The fourth-order valence-corrected chi connectivity index (χ4v) is 3.94. The van der Waals surface area contributed by atoms with Crippen molar-refractivity contribution in [2.45, 2.75) is 45.1 Å². The number of rotatable bonds is 4. The number of nitrogens with one attached hydrogen (secondary N) is 1. The van der Waals surface area contributed by atoms with Crippen molar-refractivity contribution in [3.8, 4) is 6.07 Å². The van der Waals surface area contributed by atoms with Gasteiger partial charge in [-0.05, 0) is 73.9 Å². The van der Waals surface area contributed by atoms with Gasteiger partial charge in [-0.15, -0.1) is 0 Å². The van der Waals surface area contributed by atoms with Gasteiger partial charge in [-0.25, -0.2) is 4.98 Å². The van der Waals surface area contributed by atoms with Gasteiger partial charge in [0.15, 0.2) is 0 Å². The molecule has 0 saturated carbocycles. The highest BCUT2D eigenvalue weighted by Crippen LogP contribution is 2.29. The number of aryl methyl sites for hydroxylation is 3. The van der Waals surface area contributed by atoms with E-state index in [1.54, 1.807) is 0 Å². The largest absolute Gasteiger partial charge is 0.325 e. The van der Waals surface area contributed by atoms with Crippen molar-refractivity contribution in [3.05, 3.63) is 52.2 Å². The maximum absolute atomic E-state index is 12.3. The van der Waals surface area contributed by atoms with Crippen LogP contribution in [0.5, 0.6) is 0 Å². The summed E-state index contributed by atoms with van der Waals surface area (Å²) in [6, 6.07) is 10.1. The lowest BCUT2D eigenvalue weighted by Crippen LogP contribution is -2.16. The first kappa shape index (κ1) is 18.5. The molecule has 0 aliphatic heterocycles. The molecule has 0 spiro atoms. The van der Waals surface area contributed by atoms with Crippen LogP contribution in [0.1, 0.15) is 41.3 Å². The summed E-state index contributed by atoms with van der Waals surface area (Å²) >= 11 is 1.33. The lowest BCUT2D eigenvalue weighted by atomic mass is 9.87. The van der Waals surface area contributed by atoms with Gasteiger partial charge in [-0.1, -0.05) is 24.8 Å². The molecule has 3 rings (SSSR count). The van der Waals surface area contributed by atoms with E-state index in [1.165, 1.54) is 22.9 Å². The lowest BCUT2D eigenvalue weighted by Gasteiger charge is -2.21. The van der Waals surface area contributed by atoms with Crippen LogP contribution in [0.25, 0.3) is 0 Å². The number of amides is 1. The second kappa shape index (κ2) is 7.92. The highest BCUT2D eigenvalue weighted by Gasteiger charge is 2.19. The number of nitriles is 1. The summed E-state index contributed by atoms with van der Waals surface area (Å²) in [6.45, 7) is 6.30. The zero-order valence-electron chi connectivity index (χ0n) is 15.4. The normalized spacial score (nSPS) is 15.8. The van der Waals surface area contributed by atoms with Crippen molar-refractivity contribution in [1.82, 2.24) is 4.98 Å². The summed E-state index contributed by atoms with van der Waals surface area (Å²) in [7, 11) is 0. The average molecular weight is 366 g/mol. The quantitative estimate of drug-likeness (QED) is 0.814. The number of carbonyl (C=O) groups is 1. The molecule has 2 aromatic rings. The maximum Gasteiger partial charge on any atom is 0.234 e. The van der Waals surface area contributed by atoms with E-state index in [0.29, 0.717) is 16.5 Å². The minimum Gasteiger partial charge on any atom is -0.325 e. The van der Waals surface area contributed by atoms with Gasteiger partial charge in [0, 0.05) is 11.4 Å². The van der Waals surface area contributed by atoms with Crippen molar-refractivity contribution in [3.63, 3.8) is 0 Å². The van der Waals surface area contributed by atoms with Crippen molar-refractivity contribution in [1.29, 1.82) is 5.26 Å². The van der Waals surface area contributed by atoms with E-state index in [0.717, 1.165) is 36.2 Å². The molecular weight excluding hydrogens is 342 g/mol. The molecule has 0 saturated heterocycles. The van der Waals surface area contributed by atoms with Crippen LogP contribution in [0.3, 0.4) is 0 Å². The van der Waals surface area contributed by atoms with E-state index >= 15 is 0 Å². The monoisotopic (exact) mass is 365 g/mol. The Hall–Kier alpha value is -2.32. The summed E-state index contributed by atoms with van der Waals surface area (Å²) in [5, 5.41) is 13.0. The van der Waals surface area contributed by atoms with Gasteiger partial charge < -0.3 is 5.32 Å². The van der Waals surface area contributed by atoms with Crippen molar-refractivity contribution < 1.29 is 4.79 Å². The van der Waals surface area contributed by atoms with Crippen LogP contribution < -0.4 is 5.32 Å². The van der Waals surface area contributed by atoms with Crippen molar-refractivity contribution in [2.24, 2.45) is 5.92 Å². The van der Waals surface area contributed by atoms with Crippen LogP contribution in [0.4, 0.5) is 5.69 Å². The fraction of sp³-hybridized carbons (Fsp3) is 0.381. The van der Waals surface area contributed by atoms with Gasteiger partial charge in [0.2, 0.25) is 5.91 Å². The summed E-state index contributed by atoms with van der Waals surface area (Å²) in [5.41, 5.74) is 5.98. The van der Waals surface area contributed by atoms with E-state index in [1.807, 2.05) is 38.1 Å². The van der Waals surface area contributed by atoms with Crippen molar-refractivity contribution in [2.75, 3.05) is 11.1 Å². The van der Waals surface area contributed by atoms with Crippen LogP contribution in [0.15, 0.2) is 29.3 Å². The first-order valence-corrected chi connectivity index (χ1v) is 9.87. The van der Waals surface area contributed by atoms with Crippen LogP contribution in [-0.4, -0.2) is 16.6 Å². The van der Waals surface area contributed by atoms with E-state index in [2.05, 4.69) is 23.3 Å². The molecule has 1 aromatic heterocycles. The number of nitrogens with zero attached hydrogens (tertiary/aromatic N) is 2. The van der Waals surface area contributed by atoms with Gasteiger partial charge in [-0.3, -0.25) is 4.79 Å². The smallest absolute Gasteiger partial charge is 0.234 e. The zero-order valence-corrected chi connectivity index (χ0v) is 16.2. The Balaban J connectivity index is 1.68. The molecule has 1 atom stereocenters. The summed E-state index contributed by atoms with van der Waals surface area (Å²) < 4.78 is 0. The van der Waals surface area contributed by atoms with Gasteiger partial charge in [0.05, 0.1) is 11.3 Å². The fourth-order valence-electron chi connectivity index (χ4n) is 3.17. The van der Waals surface area contributed by atoms with Crippen molar-refractivity contribution >= 4 is 23.4 Å². The third-order valence-corrected chi connectivity index (χ3v) is 5.84. The molecule has 134 valence electrons. The van der Waals surface area contributed by atoms with E-state index < -0.39 is 0 Å². The van der Waals surface area contributed by atoms with Crippen LogP contribution >= 0.6 is 11.8 Å². The summed E-state index contributed by atoms with van der Waals surface area (Å²) in [5.74, 6) is 0.789. The lowest BCUT2D eigenvalue weighted by molar-refractivity contribution is -0.113. The molecule has 1 aromatic carbocycles. The number of hydrogen-bond acceptors (Lipinski definition) is 4. The molecule has 26 heavy (non-hydrogen) atoms. The molecule has 1 aliphatic carbocycles. The number of fused-ring (bicyclic) bond motifs is 1. The topological polar surface area (TPSA) is 65.8 Å². The van der Waals surface area contributed by atoms with E-state index in [-0.39, 0.29) is 11.7 Å². The number of thioether (sulfide) groups is 1. The van der Waals surface area contributed by atoms with Crippen LogP contribution in [0, 0.1) is 31.1 Å². The first-order valence-electron chi connectivity index (χ1n) is 8.89. The first-order chi connectivity index (χ1) is 12.5. The molecule has 1 unspecified atom stereocenters. The summed E-state index contributed by atoms with van der Waals surface area (Å²) in [6.07, 6.45) is 3.06. The van der Waals surface area contributed by atoms with E-state index in [4.69, 9.17) is 0 Å². The molecule has 0 fully saturated rings. The zero-order chi connectivity index (χ0) is 18.7. The number of carbonyl (C=O) groups excluding carboxylic acids is 1. The predicted octanol–water partition coefficient (Wildman–Crippen LogP) is 4.43. The molecule has 0 radical (unpaired) electrons.